The number of fused-ring (bicyclic) bond motifs is 1. The van der Waals surface area contributed by atoms with E-state index < -0.39 is 9.84 Å². The number of hydrogen-bond donors (Lipinski definition) is 0. The summed E-state index contributed by atoms with van der Waals surface area (Å²) in [6.45, 7) is 4.42. The summed E-state index contributed by atoms with van der Waals surface area (Å²) in [6, 6.07) is 9.80. The van der Waals surface area contributed by atoms with E-state index in [1.807, 2.05) is 49.1 Å². The molecule has 0 N–H and O–H groups in total. The highest BCUT2D eigenvalue weighted by atomic mass is 32.2. The number of benzene rings is 1. The molecule has 2 fully saturated rings. The number of rotatable bonds is 4. The van der Waals surface area contributed by atoms with Crippen LogP contribution in [0.4, 0.5) is 0 Å². The number of aliphatic imine (C=N–C) groups is 1. The molecule has 24 heavy (non-hydrogen) atoms. The predicted octanol–water partition coefficient (Wildman–Crippen LogP) is 2.33. The van der Waals surface area contributed by atoms with E-state index in [2.05, 4.69) is 4.99 Å². The van der Waals surface area contributed by atoms with Crippen molar-refractivity contribution in [1.29, 1.82) is 0 Å². The van der Waals surface area contributed by atoms with Gasteiger partial charge in [-0.1, -0.05) is 55.9 Å². The van der Waals surface area contributed by atoms with Gasteiger partial charge in [0.15, 0.2) is 15.0 Å². The van der Waals surface area contributed by atoms with Gasteiger partial charge in [0.2, 0.25) is 0 Å². The molecule has 130 valence electrons. The first-order chi connectivity index (χ1) is 11.4. The van der Waals surface area contributed by atoms with Crippen LogP contribution in [0, 0.1) is 5.92 Å². The molecule has 5 nitrogen and oxygen atoms in total. The Kier molecular flexibility index (Phi) is 5.01. The van der Waals surface area contributed by atoms with Gasteiger partial charge in [-0.05, 0) is 12.0 Å². The van der Waals surface area contributed by atoms with Gasteiger partial charge in [-0.2, -0.15) is 4.99 Å². The van der Waals surface area contributed by atoms with Crippen LogP contribution in [0.3, 0.4) is 0 Å². The van der Waals surface area contributed by atoms with E-state index in [1.54, 1.807) is 0 Å². The zero-order chi connectivity index (χ0) is 17.3. The third-order valence-electron chi connectivity index (χ3n) is 4.61. The third kappa shape index (κ3) is 3.67. The minimum absolute atomic E-state index is 0.0257. The molecule has 3 rings (SSSR count). The summed E-state index contributed by atoms with van der Waals surface area (Å²) in [4.78, 5) is 18.6. The highest BCUT2D eigenvalue weighted by molar-refractivity contribution is 8.15. The van der Waals surface area contributed by atoms with E-state index >= 15 is 0 Å². The second-order valence-electron chi connectivity index (χ2n) is 6.46. The number of amidine groups is 1. The molecule has 2 aliphatic heterocycles. The van der Waals surface area contributed by atoms with E-state index in [0.29, 0.717) is 11.7 Å². The maximum Gasteiger partial charge on any atom is 0.250 e. The number of carbonyl (C=O) groups is 1. The molecule has 1 aromatic rings. The first-order valence-corrected chi connectivity index (χ1v) is 10.9. The van der Waals surface area contributed by atoms with Crippen molar-refractivity contribution in [1.82, 2.24) is 4.90 Å². The van der Waals surface area contributed by atoms with Crippen LogP contribution in [0.25, 0.3) is 0 Å². The summed E-state index contributed by atoms with van der Waals surface area (Å²) >= 11 is 1.44. The van der Waals surface area contributed by atoms with Gasteiger partial charge in [0.05, 0.1) is 17.5 Å². The van der Waals surface area contributed by atoms with E-state index in [9.17, 15) is 13.2 Å². The summed E-state index contributed by atoms with van der Waals surface area (Å²) in [5, 5.41) is 0.649. The van der Waals surface area contributed by atoms with Gasteiger partial charge in [0, 0.05) is 17.7 Å². The topological polar surface area (TPSA) is 66.8 Å². The second kappa shape index (κ2) is 6.88. The fourth-order valence-corrected chi connectivity index (χ4v) is 6.94. The third-order valence-corrected chi connectivity index (χ3v) is 7.86. The van der Waals surface area contributed by atoms with Crippen molar-refractivity contribution < 1.29 is 13.2 Å². The standard InChI is InChI=1S/C17H22N2O3S2/c1-3-12(2)16(20)18-17-19(9-13-7-5-4-6-8-13)14-10-24(21,22)11-15(14)23-17/h4-8,12,14-15H,3,9-11H2,1-2H3/t12-,14+,15-/m0/s1. The maximum absolute atomic E-state index is 12.2. The van der Waals surface area contributed by atoms with Crippen molar-refractivity contribution in [3.05, 3.63) is 35.9 Å². The van der Waals surface area contributed by atoms with Crippen LogP contribution < -0.4 is 0 Å². The Bertz CT molecular complexity index is 746. The molecule has 0 unspecified atom stereocenters. The smallest absolute Gasteiger partial charge is 0.250 e. The fourth-order valence-electron chi connectivity index (χ4n) is 2.98. The first-order valence-electron chi connectivity index (χ1n) is 8.20. The lowest BCUT2D eigenvalue weighted by molar-refractivity contribution is -0.121. The minimum atomic E-state index is -3.01. The van der Waals surface area contributed by atoms with Crippen LogP contribution in [0.1, 0.15) is 25.8 Å². The van der Waals surface area contributed by atoms with Gasteiger partial charge < -0.3 is 4.90 Å². The van der Waals surface area contributed by atoms with E-state index in [0.717, 1.165) is 12.0 Å². The largest absolute Gasteiger partial charge is 0.342 e. The zero-order valence-corrected chi connectivity index (χ0v) is 15.5. The fraction of sp³-hybridized carbons (Fsp3) is 0.529. The molecule has 0 bridgehead atoms. The highest BCUT2D eigenvalue weighted by Crippen LogP contribution is 2.39. The van der Waals surface area contributed by atoms with Gasteiger partial charge >= 0.3 is 0 Å². The Morgan fingerprint density at radius 3 is 2.71 bits per heavy atom. The molecule has 0 aromatic heterocycles. The Morgan fingerprint density at radius 1 is 1.33 bits per heavy atom. The second-order valence-corrected chi connectivity index (χ2v) is 9.82. The van der Waals surface area contributed by atoms with Gasteiger partial charge in [-0.3, -0.25) is 4.79 Å². The Labute approximate surface area is 147 Å². The summed E-state index contributed by atoms with van der Waals surface area (Å²) in [6.07, 6.45) is 0.750. The molecule has 2 heterocycles. The lowest BCUT2D eigenvalue weighted by Gasteiger charge is -2.24. The maximum atomic E-state index is 12.2. The highest BCUT2D eigenvalue weighted by Gasteiger charge is 2.48. The molecule has 0 aliphatic carbocycles. The van der Waals surface area contributed by atoms with Crippen LogP contribution in [-0.2, 0) is 21.2 Å². The zero-order valence-electron chi connectivity index (χ0n) is 13.9. The Morgan fingerprint density at radius 2 is 2.04 bits per heavy atom. The normalized spacial score (nSPS) is 28.1. The molecular formula is C17H22N2O3S2. The van der Waals surface area contributed by atoms with Gasteiger partial charge in [-0.25, -0.2) is 8.42 Å². The van der Waals surface area contributed by atoms with Crippen molar-refractivity contribution >= 4 is 32.7 Å². The number of nitrogens with zero attached hydrogens (tertiary/aromatic N) is 2. The molecule has 7 heteroatoms. The minimum Gasteiger partial charge on any atom is -0.342 e. The molecule has 0 saturated carbocycles. The SMILES string of the molecule is CC[C@H](C)C(=O)N=C1S[C@H]2CS(=O)(=O)C[C@H]2N1Cc1ccccc1. The molecule has 3 atom stereocenters. The van der Waals surface area contributed by atoms with Gasteiger partial charge in [0.1, 0.15) is 0 Å². The molecule has 0 radical (unpaired) electrons. The van der Waals surface area contributed by atoms with Crippen molar-refractivity contribution in [2.45, 2.75) is 38.1 Å². The summed E-state index contributed by atoms with van der Waals surface area (Å²) < 4.78 is 24.0. The van der Waals surface area contributed by atoms with Crippen molar-refractivity contribution in [2.24, 2.45) is 10.9 Å². The lowest BCUT2D eigenvalue weighted by Crippen LogP contribution is -2.37. The van der Waals surface area contributed by atoms with Crippen LogP contribution in [-0.4, -0.2) is 47.2 Å². The summed E-state index contributed by atoms with van der Waals surface area (Å²) in [5.74, 6) is 0.0832. The molecule has 1 aromatic carbocycles. The quantitative estimate of drug-likeness (QED) is 0.818. The number of hydrogen-bond acceptors (Lipinski definition) is 4. The molecule has 2 aliphatic rings. The molecule has 0 spiro atoms. The number of sulfone groups is 1. The van der Waals surface area contributed by atoms with Crippen LogP contribution in [0.15, 0.2) is 35.3 Å². The van der Waals surface area contributed by atoms with Gasteiger partial charge in [-0.15, -0.1) is 0 Å². The van der Waals surface area contributed by atoms with E-state index in [-0.39, 0.29) is 34.6 Å². The number of thioether (sulfide) groups is 1. The van der Waals surface area contributed by atoms with Crippen LogP contribution >= 0.6 is 11.8 Å². The van der Waals surface area contributed by atoms with Crippen LogP contribution in [0.5, 0.6) is 0 Å². The van der Waals surface area contributed by atoms with Crippen LogP contribution in [0.2, 0.25) is 0 Å². The van der Waals surface area contributed by atoms with Crippen molar-refractivity contribution in [3.63, 3.8) is 0 Å². The van der Waals surface area contributed by atoms with E-state index in [1.165, 1.54) is 11.8 Å². The summed E-state index contributed by atoms with van der Waals surface area (Å²) in [7, 11) is -3.01. The average Bonchev–Trinajstić information content (AvgIpc) is 3.00. The molecule has 2 saturated heterocycles. The van der Waals surface area contributed by atoms with Crippen molar-refractivity contribution in [3.8, 4) is 0 Å². The Balaban J connectivity index is 1.88. The molecular weight excluding hydrogens is 344 g/mol. The van der Waals surface area contributed by atoms with Crippen molar-refractivity contribution in [2.75, 3.05) is 11.5 Å². The number of carbonyl (C=O) groups excluding carboxylic acids is 1. The number of amides is 1. The predicted molar refractivity (Wildman–Crippen MR) is 97.7 cm³/mol. The monoisotopic (exact) mass is 366 g/mol. The summed E-state index contributed by atoms with van der Waals surface area (Å²) in [5.41, 5.74) is 1.09. The lowest BCUT2D eigenvalue weighted by atomic mass is 10.1. The van der Waals surface area contributed by atoms with E-state index in [4.69, 9.17) is 0 Å². The Hall–Kier alpha value is -1.34. The average molecular weight is 367 g/mol. The first kappa shape index (κ1) is 17.5. The molecule has 1 amide bonds. The van der Waals surface area contributed by atoms with Gasteiger partial charge in [0.25, 0.3) is 5.91 Å².